The maximum atomic E-state index is 10.3. The summed E-state index contributed by atoms with van der Waals surface area (Å²) >= 11 is 0. The highest BCUT2D eigenvalue weighted by Crippen LogP contribution is 2.41. The number of nitrogens with one attached hydrogen (secondary N) is 1. The number of benzene rings is 3. The monoisotopic (exact) mass is 396 g/mol. The van der Waals surface area contributed by atoms with Crippen molar-refractivity contribution in [2.75, 3.05) is 14.2 Å². The number of rotatable bonds is 4. The molecule has 5 rings (SSSR count). The molecule has 0 radical (unpaired) electrons. The maximum absolute atomic E-state index is 10.3. The molecule has 0 amide bonds. The summed E-state index contributed by atoms with van der Waals surface area (Å²) in [5.41, 5.74) is 4.97. The molecular formula is C25H20N2O3. The number of aromatic hydroxyl groups is 1. The normalized spacial score (nSPS) is 11.1. The second kappa shape index (κ2) is 7.12. The summed E-state index contributed by atoms with van der Waals surface area (Å²) in [6.45, 7) is 0. The molecule has 30 heavy (non-hydrogen) atoms. The summed E-state index contributed by atoms with van der Waals surface area (Å²) < 4.78 is 10.7. The average Bonchev–Trinajstić information content (AvgIpc) is 3.26. The van der Waals surface area contributed by atoms with Crippen molar-refractivity contribution in [2.45, 2.75) is 0 Å². The third-order valence-corrected chi connectivity index (χ3v) is 5.41. The van der Waals surface area contributed by atoms with E-state index in [2.05, 4.69) is 52.4 Å². The molecular weight excluding hydrogens is 376 g/mol. The van der Waals surface area contributed by atoms with Crippen molar-refractivity contribution in [1.82, 2.24) is 9.97 Å². The number of phenols is 1. The van der Waals surface area contributed by atoms with Gasteiger partial charge in [0.25, 0.3) is 0 Å². The van der Waals surface area contributed by atoms with Crippen LogP contribution in [0.25, 0.3) is 44.1 Å². The number of phenolic OH excluding ortho intramolecular Hbond substituents is 1. The fourth-order valence-corrected chi connectivity index (χ4v) is 3.84. The molecule has 0 atom stereocenters. The van der Waals surface area contributed by atoms with E-state index in [1.807, 2.05) is 12.3 Å². The molecule has 5 nitrogen and oxygen atoms in total. The number of hydrogen-bond donors (Lipinski definition) is 2. The molecule has 0 aliphatic heterocycles. The van der Waals surface area contributed by atoms with Crippen LogP contribution in [0.2, 0.25) is 0 Å². The Hall–Kier alpha value is -3.99. The highest BCUT2D eigenvalue weighted by Gasteiger charge is 2.15. The predicted octanol–water partition coefficient (Wildman–Crippen LogP) is 5.77. The molecule has 2 aromatic heterocycles. The van der Waals surface area contributed by atoms with Crippen molar-refractivity contribution in [3.8, 4) is 39.6 Å². The Morgan fingerprint density at radius 2 is 1.50 bits per heavy atom. The van der Waals surface area contributed by atoms with Crippen molar-refractivity contribution in [3.05, 3.63) is 73.1 Å². The van der Waals surface area contributed by atoms with E-state index < -0.39 is 0 Å². The van der Waals surface area contributed by atoms with E-state index in [0.717, 1.165) is 38.7 Å². The zero-order valence-electron chi connectivity index (χ0n) is 16.6. The standard InChI is InChI=1S/C25H20N2O3/c1-29-22-13-19(14-23(30-2)25(22)28)24-20-12-17(4-3-15(20)7-10-27-24)16-5-6-21-18(11-16)8-9-26-21/h3-14,26,28H,1-2H3. The van der Waals surface area contributed by atoms with E-state index in [1.165, 1.54) is 19.6 Å². The topological polar surface area (TPSA) is 67.4 Å². The summed E-state index contributed by atoms with van der Waals surface area (Å²) in [4.78, 5) is 7.87. The quantitative estimate of drug-likeness (QED) is 0.404. The summed E-state index contributed by atoms with van der Waals surface area (Å²) in [5, 5.41) is 13.5. The van der Waals surface area contributed by atoms with E-state index in [4.69, 9.17) is 9.47 Å². The van der Waals surface area contributed by atoms with Crippen LogP contribution < -0.4 is 9.47 Å². The number of ether oxygens (including phenoxy) is 2. The fourth-order valence-electron chi connectivity index (χ4n) is 3.84. The maximum Gasteiger partial charge on any atom is 0.200 e. The second-order valence-corrected chi connectivity index (χ2v) is 7.10. The molecule has 5 aromatic rings. The second-order valence-electron chi connectivity index (χ2n) is 7.10. The van der Waals surface area contributed by atoms with Crippen LogP contribution in [0.1, 0.15) is 0 Å². The van der Waals surface area contributed by atoms with Gasteiger partial charge in [-0.25, -0.2) is 0 Å². The van der Waals surface area contributed by atoms with Crippen molar-refractivity contribution in [1.29, 1.82) is 0 Å². The summed E-state index contributed by atoms with van der Waals surface area (Å²) in [6, 6.07) is 20.4. The molecule has 3 aromatic carbocycles. The van der Waals surface area contributed by atoms with E-state index >= 15 is 0 Å². The minimum Gasteiger partial charge on any atom is -0.502 e. The Labute approximate surface area is 173 Å². The fraction of sp³-hybridized carbons (Fsp3) is 0.0800. The lowest BCUT2D eigenvalue weighted by atomic mass is 9.97. The Balaban J connectivity index is 1.71. The molecule has 5 heteroatoms. The Morgan fingerprint density at radius 3 is 2.27 bits per heavy atom. The number of fused-ring (bicyclic) bond motifs is 2. The van der Waals surface area contributed by atoms with Gasteiger partial charge < -0.3 is 19.6 Å². The highest BCUT2D eigenvalue weighted by molar-refractivity contribution is 5.98. The zero-order valence-corrected chi connectivity index (χ0v) is 16.6. The molecule has 0 spiro atoms. The van der Waals surface area contributed by atoms with Crippen LogP contribution in [0.4, 0.5) is 0 Å². The van der Waals surface area contributed by atoms with Gasteiger partial charge in [0.1, 0.15) is 0 Å². The number of aromatic nitrogens is 2. The van der Waals surface area contributed by atoms with Gasteiger partial charge in [-0.1, -0.05) is 18.2 Å². The Bertz CT molecular complexity index is 1360. The van der Waals surface area contributed by atoms with Crippen molar-refractivity contribution >= 4 is 21.7 Å². The van der Waals surface area contributed by atoms with Gasteiger partial charge in [0, 0.05) is 28.9 Å². The van der Waals surface area contributed by atoms with Crippen LogP contribution >= 0.6 is 0 Å². The largest absolute Gasteiger partial charge is 0.502 e. The molecule has 0 saturated carbocycles. The molecule has 0 unspecified atom stereocenters. The lowest BCUT2D eigenvalue weighted by Gasteiger charge is -2.13. The first kappa shape index (κ1) is 18.1. The minimum atomic E-state index is -0.0236. The summed E-state index contributed by atoms with van der Waals surface area (Å²) in [5.74, 6) is 0.666. The number of nitrogens with zero attached hydrogens (tertiary/aromatic N) is 1. The van der Waals surface area contributed by atoms with Gasteiger partial charge in [0.15, 0.2) is 11.5 Å². The number of methoxy groups -OCH3 is 2. The average molecular weight is 396 g/mol. The number of pyridine rings is 1. The lowest BCUT2D eigenvalue weighted by molar-refractivity contribution is 0.340. The minimum absolute atomic E-state index is 0.0236. The van der Waals surface area contributed by atoms with Crippen LogP contribution in [0.5, 0.6) is 17.2 Å². The molecule has 0 saturated heterocycles. The molecule has 2 N–H and O–H groups in total. The van der Waals surface area contributed by atoms with E-state index in [-0.39, 0.29) is 5.75 Å². The Morgan fingerprint density at radius 1 is 0.767 bits per heavy atom. The zero-order chi connectivity index (χ0) is 20.7. The van der Waals surface area contributed by atoms with Gasteiger partial charge in [-0.3, -0.25) is 4.98 Å². The van der Waals surface area contributed by atoms with E-state index in [0.29, 0.717) is 11.5 Å². The SMILES string of the molecule is COc1cc(-c2nccc3ccc(-c4ccc5[nH]ccc5c4)cc23)cc(OC)c1O. The molecule has 148 valence electrons. The smallest absolute Gasteiger partial charge is 0.200 e. The number of hydrogen-bond acceptors (Lipinski definition) is 4. The van der Waals surface area contributed by atoms with Gasteiger partial charge in [-0.15, -0.1) is 0 Å². The van der Waals surface area contributed by atoms with Crippen LogP contribution in [0.3, 0.4) is 0 Å². The number of aromatic amines is 1. The summed E-state index contributed by atoms with van der Waals surface area (Å²) in [7, 11) is 3.04. The third-order valence-electron chi connectivity index (χ3n) is 5.41. The first-order valence-electron chi connectivity index (χ1n) is 9.59. The van der Waals surface area contributed by atoms with Gasteiger partial charge >= 0.3 is 0 Å². The first-order valence-corrected chi connectivity index (χ1v) is 9.59. The van der Waals surface area contributed by atoms with E-state index in [9.17, 15) is 5.11 Å². The molecule has 0 aliphatic rings. The van der Waals surface area contributed by atoms with Gasteiger partial charge in [0.05, 0.1) is 19.9 Å². The van der Waals surface area contributed by atoms with Crippen LogP contribution in [-0.2, 0) is 0 Å². The predicted molar refractivity (Wildman–Crippen MR) is 119 cm³/mol. The molecule has 0 fully saturated rings. The van der Waals surface area contributed by atoms with Gasteiger partial charge in [-0.2, -0.15) is 0 Å². The van der Waals surface area contributed by atoms with Crippen molar-refractivity contribution in [2.24, 2.45) is 0 Å². The summed E-state index contributed by atoms with van der Waals surface area (Å²) in [6.07, 6.45) is 3.73. The van der Waals surface area contributed by atoms with Crippen molar-refractivity contribution in [3.63, 3.8) is 0 Å². The van der Waals surface area contributed by atoms with Crippen molar-refractivity contribution < 1.29 is 14.6 Å². The molecule has 2 heterocycles. The van der Waals surface area contributed by atoms with Gasteiger partial charge in [-0.05, 0) is 64.4 Å². The highest BCUT2D eigenvalue weighted by atomic mass is 16.5. The van der Waals surface area contributed by atoms with Crippen LogP contribution in [0.15, 0.2) is 73.1 Å². The van der Waals surface area contributed by atoms with Crippen LogP contribution in [0, 0.1) is 0 Å². The lowest BCUT2D eigenvalue weighted by Crippen LogP contribution is -1.93. The first-order chi connectivity index (χ1) is 14.7. The molecule has 0 aliphatic carbocycles. The third kappa shape index (κ3) is 2.92. The Kier molecular flexibility index (Phi) is 4.29. The number of H-pyrrole nitrogens is 1. The molecule has 0 bridgehead atoms. The van der Waals surface area contributed by atoms with Gasteiger partial charge in [0.2, 0.25) is 5.75 Å². The van der Waals surface area contributed by atoms with Crippen LogP contribution in [-0.4, -0.2) is 29.3 Å². The van der Waals surface area contributed by atoms with E-state index in [1.54, 1.807) is 18.3 Å².